The summed E-state index contributed by atoms with van der Waals surface area (Å²) in [6.45, 7) is 10.6. The number of carbonyl (C=O) groups excluding carboxylic acids is 1. The van der Waals surface area contributed by atoms with Crippen molar-refractivity contribution in [1.29, 1.82) is 0 Å². The fraction of sp³-hybridized carbons (Fsp3) is 0.417. The summed E-state index contributed by atoms with van der Waals surface area (Å²) in [6.07, 6.45) is 3.96. The van der Waals surface area contributed by atoms with E-state index >= 15 is 0 Å². The van der Waals surface area contributed by atoms with Crippen LogP contribution >= 0.6 is 0 Å². The molecule has 1 fully saturated rings. The highest BCUT2D eigenvalue weighted by atomic mass is 16.2. The van der Waals surface area contributed by atoms with Crippen LogP contribution in [0.5, 0.6) is 0 Å². The molecule has 1 saturated heterocycles. The molecule has 3 aromatic rings. The summed E-state index contributed by atoms with van der Waals surface area (Å²) >= 11 is 0. The van der Waals surface area contributed by atoms with Gasteiger partial charge in [-0.1, -0.05) is 50.2 Å². The normalized spacial score (nSPS) is 15.7. The van der Waals surface area contributed by atoms with E-state index in [-0.39, 0.29) is 5.91 Å². The van der Waals surface area contributed by atoms with Gasteiger partial charge in [0.25, 0.3) is 0 Å². The molecule has 0 spiro atoms. The summed E-state index contributed by atoms with van der Waals surface area (Å²) in [7, 11) is 0. The minimum absolute atomic E-state index is 0.0554. The lowest BCUT2D eigenvalue weighted by Gasteiger charge is -2.34. The van der Waals surface area contributed by atoms with Crippen LogP contribution in [0.4, 0.5) is 5.69 Å². The summed E-state index contributed by atoms with van der Waals surface area (Å²) in [5.41, 5.74) is 0.887. The maximum Gasteiger partial charge on any atom is 0.238 e. The van der Waals surface area contributed by atoms with Gasteiger partial charge in [0.2, 0.25) is 5.91 Å². The molecule has 0 saturated carbocycles. The molecular formula is C24H31N5O. The predicted molar refractivity (Wildman–Crippen MR) is 122 cm³/mol. The fourth-order valence-corrected chi connectivity index (χ4v) is 4.16. The van der Waals surface area contributed by atoms with Gasteiger partial charge in [-0.25, -0.2) is 4.98 Å². The Bertz CT molecular complexity index is 983. The molecule has 1 aliphatic rings. The number of hydrogen-bond donors (Lipinski definition) is 1. The Kier molecular flexibility index (Phi) is 6.45. The largest absolute Gasteiger partial charge is 0.333 e. The van der Waals surface area contributed by atoms with E-state index in [1.165, 1.54) is 0 Å². The average Bonchev–Trinajstić information content (AvgIpc) is 3.23. The van der Waals surface area contributed by atoms with Gasteiger partial charge in [-0.05, 0) is 11.5 Å². The Morgan fingerprint density at radius 2 is 1.73 bits per heavy atom. The Hall–Kier alpha value is -2.70. The monoisotopic (exact) mass is 405 g/mol. The average molecular weight is 406 g/mol. The third-order valence-electron chi connectivity index (χ3n) is 5.82. The van der Waals surface area contributed by atoms with Gasteiger partial charge in [0.05, 0.1) is 6.54 Å². The van der Waals surface area contributed by atoms with E-state index in [2.05, 4.69) is 62.9 Å². The van der Waals surface area contributed by atoms with Crippen molar-refractivity contribution in [3.05, 3.63) is 60.7 Å². The minimum Gasteiger partial charge on any atom is -0.333 e. The Labute approximate surface area is 178 Å². The molecule has 1 N–H and O–H groups in total. The van der Waals surface area contributed by atoms with Gasteiger partial charge in [-0.15, -0.1) is 0 Å². The molecule has 2 heterocycles. The number of hydrogen-bond acceptors (Lipinski definition) is 4. The quantitative estimate of drug-likeness (QED) is 0.654. The Morgan fingerprint density at radius 1 is 1.00 bits per heavy atom. The molecule has 1 aromatic heterocycles. The van der Waals surface area contributed by atoms with Gasteiger partial charge in [-0.2, -0.15) is 0 Å². The van der Waals surface area contributed by atoms with E-state index < -0.39 is 0 Å². The van der Waals surface area contributed by atoms with Crippen molar-refractivity contribution in [2.45, 2.75) is 26.3 Å². The van der Waals surface area contributed by atoms with E-state index in [0.29, 0.717) is 12.5 Å². The SMILES string of the molecule is CC(C)c1nccn1CCN1CCN(CC(=O)Nc2cccc3ccccc23)CC1. The van der Waals surface area contributed by atoms with Gasteiger partial charge in [0.1, 0.15) is 5.82 Å². The van der Waals surface area contributed by atoms with E-state index in [4.69, 9.17) is 0 Å². The first-order valence-corrected chi connectivity index (χ1v) is 10.8. The number of nitrogens with zero attached hydrogens (tertiary/aromatic N) is 4. The van der Waals surface area contributed by atoms with Crippen LogP contribution in [0, 0.1) is 0 Å². The molecule has 0 unspecified atom stereocenters. The van der Waals surface area contributed by atoms with Crippen molar-refractivity contribution in [3.8, 4) is 0 Å². The number of anilines is 1. The number of fused-ring (bicyclic) bond motifs is 1. The highest BCUT2D eigenvalue weighted by Gasteiger charge is 2.19. The van der Waals surface area contributed by atoms with E-state index in [9.17, 15) is 4.79 Å². The summed E-state index contributed by atoms with van der Waals surface area (Å²) in [4.78, 5) is 21.8. The zero-order valence-corrected chi connectivity index (χ0v) is 17.9. The molecule has 0 radical (unpaired) electrons. The van der Waals surface area contributed by atoms with Gasteiger partial charge in [0, 0.05) is 68.7 Å². The van der Waals surface area contributed by atoms with Crippen molar-refractivity contribution < 1.29 is 4.79 Å². The highest BCUT2D eigenvalue weighted by Crippen LogP contribution is 2.23. The van der Waals surface area contributed by atoms with Crippen molar-refractivity contribution in [2.75, 3.05) is 44.6 Å². The predicted octanol–water partition coefficient (Wildman–Crippen LogP) is 3.42. The van der Waals surface area contributed by atoms with Crippen molar-refractivity contribution in [3.63, 3.8) is 0 Å². The highest BCUT2D eigenvalue weighted by molar-refractivity contribution is 6.02. The van der Waals surface area contributed by atoms with E-state index in [1.807, 2.05) is 30.5 Å². The number of rotatable bonds is 7. The number of aromatic nitrogens is 2. The van der Waals surface area contributed by atoms with E-state index in [1.54, 1.807) is 0 Å². The van der Waals surface area contributed by atoms with Crippen molar-refractivity contribution >= 4 is 22.4 Å². The second-order valence-corrected chi connectivity index (χ2v) is 8.33. The number of imidazole rings is 1. The van der Waals surface area contributed by atoms with Crippen LogP contribution in [0.2, 0.25) is 0 Å². The molecule has 6 nitrogen and oxygen atoms in total. The van der Waals surface area contributed by atoms with Gasteiger partial charge < -0.3 is 9.88 Å². The van der Waals surface area contributed by atoms with Crippen LogP contribution in [0.25, 0.3) is 10.8 Å². The maximum absolute atomic E-state index is 12.6. The van der Waals surface area contributed by atoms with Crippen LogP contribution in [-0.2, 0) is 11.3 Å². The number of piperazine rings is 1. The lowest BCUT2D eigenvalue weighted by atomic mass is 10.1. The lowest BCUT2D eigenvalue weighted by molar-refractivity contribution is -0.117. The zero-order valence-electron chi connectivity index (χ0n) is 17.9. The number of nitrogens with one attached hydrogen (secondary N) is 1. The first-order chi connectivity index (χ1) is 14.6. The molecule has 158 valence electrons. The third kappa shape index (κ3) is 4.89. The van der Waals surface area contributed by atoms with Gasteiger partial charge >= 0.3 is 0 Å². The number of carbonyl (C=O) groups is 1. The van der Waals surface area contributed by atoms with Crippen LogP contribution < -0.4 is 5.32 Å². The second kappa shape index (κ2) is 9.41. The summed E-state index contributed by atoms with van der Waals surface area (Å²) in [5, 5.41) is 5.32. The first kappa shape index (κ1) is 20.6. The van der Waals surface area contributed by atoms with E-state index in [0.717, 1.165) is 61.6 Å². The summed E-state index contributed by atoms with van der Waals surface area (Å²) in [6, 6.07) is 14.2. The van der Waals surface area contributed by atoms with Crippen LogP contribution in [0.1, 0.15) is 25.6 Å². The molecule has 0 aliphatic carbocycles. The summed E-state index contributed by atoms with van der Waals surface area (Å²) in [5.74, 6) is 1.65. The molecule has 6 heteroatoms. The Balaban J connectivity index is 1.24. The molecule has 2 aromatic carbocycles. The smallest absolute Gasteiger partial charge is 0.238 e. The van der Waals surface area contributed by atoms with Crippen molar-refractivity contribution in [1.82, 2.24) is 19.4 Å². The lowest BCUT2D eigenvalue weighted by Crippen LogP contribution is -2.49. The first-order valence-electron chi connectivity index (χ1n) is 10.8. The molecule has 0 atom stereocenters. The van der Waals surface area contributed by atoms with Crippen molar-refractivity contribution in [2.24, 2.45) is 0 Å². The Morgan fingerprint density at radius 3 is 2.53 bits per heavy atom. The molecule has 30 heavy (non-hydrogen) atoms. The number of benzene rings is 2. The second-order valence-electron chi connectivity index (χ2n) is 8.33. The van der Waals surface area contributed by atoms with Gasteiger partial charge in [0.15, 0.2) is 0 Å². The third-order valence-corrected chi connectivity index (χ3v) is 5.82. The molecule has 0 bridgehead atoms. The topological polar surface area (TPSA) is 53.4 Å². The molecule has 1 aliphatic heterocycles. The van der Waals surface area contributed by atoms with Crippen LogP contribution in [0.15, 0.2) is 54.9 Å². The maximum atomic E-state index is 12.6. The van der Waals surface area contributed by atoms with Crippen LogP contribution in [0.3, 0.4) is 0 Å². The van der Waals surface area contributed by atoms with Crippen LogP contribution in [-0.4, -0.2) is 64.5 Å². The zero-order chi connectivity index (χ0) is 20.9. The molecule has 4 rings (SSSR count). The van der Waals surface area contributed by atoms with Gasteiger partial charge in [-0.3, -0.25) is 14.6 Å². The fourth-order valence-electron chi connectivity index (χ4n) is 4.16. The minimum atomic E-state index is 0.0554. The molecular weight excluding hydrogens is 374 g/mol. The standard InChI is InChI=1S/C24H31N5O/c1-19(2)24-25-10-11-29(24)17-16-27-12-14-28(15-13-27)18-23(30)26-22-9-5-7-20-6-3-4-8-21(20)22/h3-11,19H,12-18H2,1-2H3,(H,26,30). The number of amides is 1. The molecule has 1 amide bonds. The summed E-state index contributed by atoms with van der Waals surface area (Å²) < 4.78 is 2.26.